The van der Waals surface area contributed by atoms with Crippen LogP contribution in [0.1, 0.15) is 24.3 Å². The molecule has 9 heteroatoms. The number of alkyl halides is 3. The summed E-state index contributed by atoms with van der Waals surface area (Å²) in [6.07, 6.45) is -2.64. The van der Waals surface area contributed by atoms with Gasteiger partial charge in [-0.25, -0.2) is 0 Å². The highest BCUT2D eigenvalue weighted by Crippen LogP contribution is 2.35. The van der Waals surface area contributed by atoms with E-state index in [1.54, 1.807) is 0 Å². The molecule has 1 heterocycles. The highest BCUT2D eigenvalue weighted by atomic mass is 32.1. The highest BCUT2D eigenvalue weighted by Gasteiger charge is 2.37. The van der Waals surface area contributed by atoms with Gasteiger partial charge in [0.1, 0.15) is 0 Å². The molecule has 100 valence electrons. The van der Waals surface area contributed by atoms with Crippen LogP contribution < -0.4 is 5.32 Å². The summed E-state index contributed by atoms with van der Waals surface area (Å²) in [5.41, 5.74) is 0. The number of halogens is 3. The molecule has 2 rings (SSSR count). The van der Waals surface area contributed by atoms with E-state index >= 15 is 0 Å². The first kappa shape index (κ1) is 13.1. The smallest absolute Gasteiger partial charge is 0.445 e. The highest BCUT2D eigenvalue weighted by molar-refractivity contribution is 7.15. The number of nitrogens with one attached hydrogen (secondary N) is 1. The fourth-order valence-corrected chi connectivity index (χ4v) is 2.66. The largest absolute Gasteiger partial charge is 0.481 e. The summed E-state index contributed by atoms with van der Waals surface area (Å²) in [6, 6.07) is -0.378. The van der Waals surface area contributed by atoms with Crippen molar-refractivity contribution in [3.8, 4) is 0 Å². The van der Waals surface area contributed by atoms with Gasteiger partial charge < -0.3 is 10.4 Å². The van der Waals surface area contributed by atoms with Crippen molar-refractivity contribution in [1.82, 2.24) is 10.2 Å². The second kappa shape index (κ2) is 4.71. The first-order chi connectivity index (χ1) is 8.38. The summed E-state index contributed by atoms with van der Waals surface area (Å²) >= 11 is 0.389. The topological polar surface area (TPSA) is 75.1 Å². The van der Waals surface area contributed by atoms with Gasteiger partial charge in [0.2, 0.25) is 10.1 Å². The number of rotatable bonds is 3. The van der Waals surface area contributed by atoms with Crippen LogP contribution in [-0.4, -0.2) is 27.3 Å². The third kappa shape index (κ3) is 2.71. The number of carboxylic acids is 1. The van der Waals surface area contributed by atoms with Crippen molar-refractivity contribution in [3.05, 3.63) is 5.01 Å². The molecule has 1 aromatic heterocycles. The summed E-state index contributed by atoms with van der Waals surface area (Å²) in [5.74, 6) is -1.52. The fourth-order valence-electron chi connectivity index (χ4n) is 1.98. The van der Waals surface area contributed by atoms with E-state index in [-0.39, 0.29) is 11.2 Å². The summed E-state index contributed by atoms with van der Waals surface area (Å²) in [7, 11) is 0. The second-order valence-electron chi connectivity index (χ2n) is 4.04. The van der Waals surface area contributed by atoms with E-state index in [2.05, 4.69) is 15.5 Å². The molecule has 1 aliphatic carbocycles. The normalized spacial score (nSPS) is 24.2. The summed E-state index contributed by atoms with van der Waals surface area (Å²) in [6.45, 7) is 0. The lowest BCUT2D eigenvalue weighted by Gasteiger charge is -2.16. The molecule has 1 saturated carbocycles. The lowest BCUT2D eigenvalue weighted by molar-refractivity contribution is -0.141. The Hall–Kier alpha value is -1.38. The molecule has 1 aliphatic rings. The minimum Gasteiger partial charge on any atom is -0.481 e. The molecule has 0 aromatic carbocycles. The second-order valence-corrected chi connectivity index (χ2v) is 5.01. The SMILES string of the molecule is O=C(O)C1CCCC1Nc1nnc(C(F)(F)F)s1. The molecule has 2 atom stereocenters. The molecular formula is C9H10F3N3O2S. The number of aromatic nitrogens is 2. The molecule has 0 spiro atoms. The number of carboxylic acid groups (broad SMARTS) is 1. The standard InChI is InChI=1S/C9H10F3N3O2S/c10-9(11,12)7-14-15-8(18-7)13-5-3-1-2-4(5)6(16)17/h4-5H,1-3H2,(H,13,15)(H,16,17). The van der Waals surface area contributed by atoms with Crippen molar-refractivity contribution in [2.24, 2.45) is 5.92 Å². The zero-order chi connectivity index (χ0) is 13.3. The van der Waals surface area contributed by atoms with E-state index < -0.39 is 23.1 Å². The van der Waals surface area contributed by atoms with Crippen molar-refractivity contribution in [2.75, 3.05) is 5.32 Å². The summed E-state index contributed by atoms with van der Waals surface area (Å²) in [5, 5.41) is 17.1. The quantitative estimate of drug-likeness (QED) is 0.888. The molecule has 1 aromatic rings. The van der Waals surface area contributed by atoms with Gasteiger partial charge in [0.25, 0.3) is 0 Å². The maximum Gasteiger partial charge on any atom is 0.445 e. The minimum atomic E-state index is -4.51. The zero-order valence-corrected chi connectivity index (χ0v) is 9.88. The number of aliphatic carboxylic acids is 1. The Morgan fingerprint density at radius 2 is 2.11 bits per heavy atom. The molecule has 0 amide bonds. The predicted molar refractivity (Wildman–Crippen MR) is 57.3 cm³/mol. The fraction of sp³-hybridized carbons (Fsp3) is 0.667. The van der Waals surface area contributed by atoms with Crippen molar-refractivity contribution >= 4 is 22.4 Å². The van der Waals surface area contributed by atoms with Gasteiger partial charge in [-0.1, -0.05) is 17.8 Å². The van der Waals surface area contributed by atoms with Crippen LogP contribution >= 0.6 is 11.3 Å². The molecule has 2 unspecified atom stereocenters. The summed E-state index contributed by atoms with van der Waals surface area (Å²) in [4.78, 5) is 10.9. The number of hydrogen-bond acceptors (Lipinski definition) is 5. The van der Waals surface area contributed by atoms with Gasteiger partial charge in [-0.05, 0) is 12.8 Å². The lowest BCUT2D eigenvalue weighted by atomic mass is 10.0. The van der Waals surface area contributed by atoms with Crippen LogP contribution in [0, 0.1) is 5.92 Å². The molecule has 2 N–H and O–H groups in total. The Bertz CT molecular complexity index is 449. The van der Waals surface area contributed by atoms with E-state index in [1.165, 1.54) is 0 Å². The van der Waals surface area contributed by atoms with Crippen molar-refractivity contribution in [2.45, 2.75) is 31.5 Å². The first-order valence-corrected chi connectivity index (χ1v) is 6.09. The lowest BCUT2D eigenvalue weighted by Crippen LogP contribution is -2.29. The van der Waals surface area contributed by atoms with E-state index in [1.807, 2.05) is 0 Å². The Morgan fingerprint density at radius 1 is 1.39 bits per heavy atom. The van der Waals surface area contributed by atoms with Gasteiger partial charge in [-0.15, -0.1) is 10.2 Å². The van der Waals surface area contributed by atoms with Crippen LogP contribution in [0.3, 0.4) is 0 Å². The van der Waals surface area contributed by atoms with E-state index in [4.69, 9.17) is 5.11 Å². The zero-order valence-electron chi connectivity index (χ0n) is 9.07. The molecule has 5 nitrogen and oxygen atoms in total. The van der Waals surface area contributed by atoms with Gasteiger partial charge in [-0.3, -0.25) is 4.79 Å². The van der Waals surface area contributed by atoms with E-state index in [0.29, 0.717) is 24.2 Å². The monoisotopic (exact) mass is 281 g/mol. The third-order valence-corrected chi connectivity index (χ3v) is 3.71. The average Bonchev–Trinajstić information content (AvgIpc) is 2.85. The van der Waals surface area contributed by atoms with E-state index in [9.17, 15) is 18.0 Å². The first-order valence-electron chi connectivity index (χ1n) is 5.28. The van der Waals surface area contributed by atoms with Gasteiger partial charge in [0.05, 0.1) is 5.92 Å². The maximum absolute atomic E-state index is 12.3. The van der Waals surface area contributed by atoms with Crippen molar-refractivity contribution in [3.63, 3.8) is 0 Å². The van der Waals surface area contributed by atoms with Crippen LogP contribution in [0.25, 0.3) is 0 Å². The molecule has 0 aliphatic heterocycles. The molecule has 0 bridgehead atoms. The van der Waals surface area contributed by atoms with Gasteiger partial charge in [-0.2, -0.15) is 13.2 Å². The Labute approximate surface area is 104 Å². The molecule has 0 saturated heterocycles. The van der Waals surface area contributed by atoms with Gasteiger partial charge >= 0.3 is 12.1 Å². The van der Waals surface area contributed by atoms with Crippen LogP contribution in [-0.2, 0) is 11.0 Å². The number of carbonyl (C=O) groups is 1. The molecule has 18 heavy (non-hydrogen) atoms. The van der Waals surface area contributed by atoms with Crippen molar-refractivity contribution in [1.29, 1.82) is 0 Å². The van der Waals surface area contributed by atoms with Crippen LogP contribution in [0.4, 0.5) is 18.3 Å². The van der Waals surface area contributed by atoms with Gasteiger partial charge in [0.15, 0.2) is 0 Å². The number of nitrogens with zero attached hydrogens (tertiary/aromatic N) is 2. The van der Waals surface area contributed by atoms with E-state index in [0.717, 1.165) is 6.42 Å². The number of anilines is 1. The Morgan fingerprint density at radius 3 is 2.67 bits per heavy atom. The Balaban J connectivity index is 2.05. The van der Waals surface area contributed by atoms with Crippen LogP contribution in [0.2, 0.25) is 0 Å². The molecule has 0 radical (unpaired) electrons. The van der Waals surface area contributed by atoms with Gasteiger partial charge in [0, 0.05) is 6.04 Å². The molecule has 1 fully saturated rings. The summed E-state index contributed by atoms with van der Waals surface area (Å²) < 4.78 is 36.9. The predicted octanol–water partition coefficient (Wildman–Crippen LogP) is 2.22. The third-order valence-electron chi connectivity index (χ3n) is 2.81. The number of hydrogen-bond donors (Lipinski definition) is 2. The Kier molecular flexibility index (Phi) is 3.42. The molecular weight excluding hydrogens is 271 g/mol. The minimum absolute atomic E-state index is 0.0143. The average molecular weight is 281 g/mol. The van der Waals surface area contributed by atoms with Crippen LogP contribution in [0.15, 0.2) is 0 Å². The van der Waals surface area contributed by atoms with Crippen molar-refractivity contribution < 1.29 is 23.1 Å². The maximum atomic E-state index is 12.3. The van der Waals surface area contributed by atoms with Crippen LogP contribution in [0.5, 0.6) is 0 Å².